The van der Waals surface area contributed by atoms with Crippen molar-refractivity contribution in [1.29, 1.82) is 0 Å². The van der Waals surface area contributed by atoms with Crippen LogP contribution < -0.4 is 16.0 Å². The SMILES string of the molecule is C=CC(=O)Nc1ccc(S(=O)(=O)N2CCC(NC(=O)c3[nH]ncc3NC(=O)c3c(Cl)cccc3Cl)CC2)cc1.O=CC(F)(F)F. The molecule has 18 heteroatoms. The molecule has 0 saturated carbocycles. The molecule has 1 aliphatic rings. The standard InChI is InChI=1S/C25H24Cl2N6O5S.C2HF3O/c1-2-21(34)29-15-6-8-17(9-7-15)39(37,38)33-12-10-16(11-13-33)30-25(36)23-20(14-28-32-23)31-24(35)22-18(26)4-3-5-19(22)27;3-2(4,5)1-6/h2-9,14,16H,1,10-13H2,(H,28,32)(H,29,34)(H,30,36)(H,31,35);1H. The number of aromatic amines is 1. The van der Waals surface area contributed by atoms with Gasteiger partial charge in [-0.3, -0.25) is 24.3 Å². The molecule has 1 aromatic heterocycles. The number of halogens is 5. The number of piperidine rings is 1. The van der Waals surface area contributed by atoms with E-state index in [0.717, 1.165) is 6.08 Å². The Balaban J connectivity index is 0.000000838. The van der Waals surface area contributed by atoms with Crippen LogP contribution in [0.4, 0.5) is 24.5 Å². The molecule has 1 aliphatic heterocycles. The molecule has 0 atom stereocenters. The molecule has 2 heterocycles. The van der Waals surface area contributed by atoms with Gasteiger partial charge in [0, 0.05) is 24.8 Å². The molecule has 0 radical (unpaired) electrons. The summed E-state index contributed by atoms with van der Waals surface area (Å²) >= 11 is 12.2. The molecule has 4 N–H and O–H groups in total. The van der Waals surface area contributed by atoms with Gasteiger partial charge in [-0.15, -0.1) is 0 Å². The number of hydrogen-bond donors (Lipinski definition) is 4. The highest BCUT2D eigenvalue weighted by molar-refractivity contribution is 7.89. The highest BCUT2D eigenvalue weighted by Gasteiger charge is 2.31. The third-order valence-corrected chi connectivity index (χ3v) is 8.72. The normalized spacial score (nSPS) is 14.0. The molecular formula is C27H25Cl2F3N6O6S. The Morgan fingerprint density at radius 3 is 2.11 bits per heavy atom. The highest BCUT2D eigenvalue weighted by Crippen LogP contribution is 2.26. The fourth-order valence-electron chi connectivity index (χ4n) is 4.00. The minimum Gasteiger partial charge on any atom is -0.348 e. The lowest BCUT2D eigenvalue weighted by molar-refractivity contribution is -0.156. The fraction of sp³-hybridized carbons (Fsp3) is 0.222. The van der Waals surface area contributed by atoms with Gasteiger partial charge in [0.25, 0.3) is 11.8 Å². The quantitative estimate of drug-likeness (QED) is 0.200. The number of carbonyl (C=O) groups excluding carboxylic acids is 4. The molecule has 45 heavy (non-hydrogen) atoms. The van der Waals surface area contributed by atoms with Crippen LogP contribution in [0.2, 0.25) is 10.0 Å². The van der Waals surface area contributed by atoms with Gasteiger partial charge in [0.2, 0.25) is 22.2 Å². The molecule has 3 aromatic rings. The Labute approximate surface area is 265 Å². The molecule has 0 spiro atoms. The predicted octanol–water partition coefficient (Wildman–Crippen LogP) is 4.42. The molecule has 4 rings (SSSR count). The summed E-state index contributed by atoms with van der Waals surface area (Å²) in [6, 6.07) is 10.2. The summed E-state index contributed by atoms with van der Waals surface area (Å²) in [6.07, 6.45) is -2.53. The maximum absolute atomic E-state index is 13.1. The van der Waals surface area contributed by atoms with E-state index in [0.29, 0.717) is 18.5 Å². The summed E-state index contributed by atoms with van der Waals surface area (Å²) in [4.78, 5) is 45.8. The van der Waals surface area contributed by atoms with E-state index in [4.69, 9.17) is 28.0 Å². The first-order valence-corrected chi connectivity index (χ1v) is 15.0. The average molecular weight is 690 g/mol. The predicted molar refractivity (Wildman–Crippen MR) is 160 cm³/mol. The van der Waals surface area contributed by atoms with Crippen molar-refractivity contribution >= 4 is 68.6 Å². The van der Waals surface area contributed by atoms with Crippen LogP contribution in [-0.4, -0.2) is 72.2 Å². The fourth-order valence-corrected chi connectivity index (χ4v) is 6.04. The monoisotopic (exact) mass is 688 g/mol. The van der Waals surface area contributed by atoms with Crippen LogP contribution in [-0.2, 0) is 19.6 Å². The minimum absolute atomic E-state index is 0.0326. The maximum Gasteiger partial charge on any atom is 0.446 e. The van der Waals surface area contributed by atoms with Crippen LogP contribution >= 0.6 is 23.2 Å². The topological polar surface area (TPSA) is 170 Å². The number of benzene rings is 2. The first-order chi connectivity index (χ1) is 21.2. The molecule has 12 nitrogen and oxygen atoms in total. The number of amides is 3. The second kappa shape index (κ2) is 15.2. The number of anilines is 2. The number of aldehydes is 1. The molecule has 0 unspecified atom stereocenters. The van der Waals surface area contributed by atoms with E-state index in [1.54, 1.807) is 6.07 Å². The van der Waals surface area contributed by atoms with Crippen LogP contribution in [0.1, 0.15) is 33.7 Å². The molecule has 3 amide bonds. The van der Waals surface area contributed by atoms with E-state index in [9.17, 15) is 36.0 Å². The lowest BCUT2D eigenvalue weighted by Crippen LogP contribution is -2.46. The van der Waals surface area contributed by atoms with E-state index < -0.39 is 40.2 Å². The third-order valence-electron chi connectivity index (χ3n) is 6.17. The summed E-state index contributed by atoms with van der Waals surface area (Å²) in [6.45, 7) is 3.76. The van der Waals surface area contributed by atoms with E-state index in [1.165, 1.54) is 46.9 Å². The summed E-state index contributed by atoms with van der Waals surface area (Å²) in [5.74, 6) is -1.51. The van der Waals surface area contributed by atoms with Crippen molar-refractivity contribution in [3.8, 4) is 0 Å². The lowest BCUT2D eigenvalue weighted by Gasteiger charge is -2.31. The molecule has 0 aliphatic carbocycles. The second-order valence-electron chi connectivity index (χ2n) is 9.24. The molecule has 0 bridgehead atoms. The zero-order valence-corrected chi connectivity index (χ0v) is 25.4. The van der Waals surface area contributed by atoms with Crippen LogP contribution in [0, 0.1) is 0 Å². The van der Waals surface area contributed by atoms with Crippen LogP contribution in [0.25, 0.3) is 0 Å². The van der Waals surface area contributed by atoms with Crippen LogP contribution in [0.5, 0.6) is 0 Å². The molecule has 240 valence electrons. The van der Waals surface area contributed by atoms with Gasteiger partial charge in [-0.25, -0.2) is 8.42 Å². The first kappa shape index (κ1) is 35.2. The van der Waals surface area contributed by atoms with Crippen molar-refractivity contribution < 1.29 is 40.8 Å². The van der Waals surface area contributed by atoms with Crippen molar-refractivity contribution in [2.45, 2.75) is 30.0 Å². The van der Waals surface area contributed by atoms with Gasteiger partial charge in [0.05, 0.1) is 32.4 Å². The molecule has 1 fully saturated rings. The zero-order valence-electron chi connectivity index (χ0n) is 23.0. The first-order valence-electron chi connectivity index (χ1n) is 12.8. The lowest BCUT2D eigenvalue weighted by atomic mass is 10.1. The minimum atomic E-state index is -4.64. The van der Waals surface area contributed by atoms with Gasteiger partial charge in [0.15, 0.2) is 0 Å². The van der Waals surface area contributed by atoms with Gasteiger partial charge < -0.3 is 16.0 Å². The number of carbonyl (C=O) groups is 4. The Bertz CT molecular complexity index is 1650. The second-order valence-corrected chi connectivity index (χ2v) is 12.0. The van der Waals surface area contributed by atoms with Crippen LogP contribution in [0.3, 0.4) is 0 Å². The Morgan fingerprint density at radius 2 is 1.58 bits per heavy atom. The van der Waals surface area contributed by atoms with Crippen molar-refractivity contribution in [3.63, 3.8) is 0 Å². The molecule has 2 aromatic carbocycles. The van der Waals surface area contributed by atoms with Gasteiger partial charge in [-0.2, -0.15) is 22.6 Å². The maximum atomic E-state index is 13.1. The summed E-state index contributed by atoms with van der Waals surface area (Å²) in [5, 5.41) is 14.8. The largest absolute Gasteiger partial charge is 0.446 e. The van der Waals surface area contributed by atoms with E-state index in [1.807, 2.05) is 0 Å². The van der Waals surface area contributed by atoms with Gasteiger partial charge in [-0.1, -0.05) is 35.8 Å². The summed E-state index contributed by atoms with van der Waals surface area (Å²) in [7, 11) is -3.76. The number of nitrogens with zero attached hydrogens (tertiary/aromatic N) is 2. The van der Waals surface area contributed by atoms with E-state index in [2.05, 4.69) is 32.7 Å². The van der Waals surface area contributed by atoms with Gasteiger partial charge in [-0.05, 0) is 55.3 Å². The number of H-pyrrole nitrogens is 1. The number of nitrogens with one attached hydrogen (secondary N) is 4. The van der Waals surface area contributed by atoms with Crippen molar-refractivity contribution in [3.05, 3.63) is 82.6 Å². The van der Waals surface area contributed by atoms with E-state index >= 15 is 0 Å². The number of hydrogen-bond acceptors (Lipinski definition) is 7. The highest BCUT2D eigenvalue weighted by atomic mass is 35.5. The third kappa shape index (κ3) is 9.62. The Kier molecular flexibility index (Phi) is 11.9. The number of rotatable bonds is 8. The average Bonchev–Trinajstić information content (AvgIpc) is 3.45. The zero-order chi connectivity index (χ0) is 33.4. The van der Waals surface area contributed by atoms with Crippen molar-refractivity contribution in [2.75, 3.05) is 23.7 Å². The van der Waals surface area contributed by atoms with Gasteiger partial charge in [0.1, 0.15) is 5.69 Å². The van der Waals surface area contributed by atoms with E-state index in [-0.39, 0.29) is 51.0 Å². The number of sulfonamides is 1. The Morgan fingerprint density at radius 1 is 1.00 bits per heavy atom. The summed E-state index contributed by atoms with van der Waals surface area (Å²) < 4.78 is 58.7. The molecular weight excluding hydrogens is 664 g/mol. The number of alkyl halides is 3. The molecule has 1 saturated heterocycles. The summed E-state index contributed by atoms with van der Waals surface area (Å²) in [5.41, 5.74) is 0.689. The number of aromatic nitrogens is 2. The van der Waals surface area contributed by atoms with Gasteiger partial charge >= 0.3 is 6.18 Å². The van der Waals surface area contributed by atoms with Crippen molar-refractivity contribution in [2.24, 2.45) is 0 Å². The van der Waals surface area contributed by atoms with Crippen LogP contribution in [0.15, 0.2) is 66.2 Å². The Hall–Kier alpha value is -4.25. The van der Waals surface area contributed by atoms with Crippen molar-refractivity contribution in [1.82, 2.24) is 19.8 Å². The smallest absolute Gasteiger partial charge is 0.348 e.